The molecular formula is C20H32IN5. The molecule has 0 amide bonds. The van der Waals surface area contributed by atoms with Crippen LogP contribution in [0.15, 0.2) is 53.8 Å². The summed E-state index contributed by atoms with van der Waals surface area (Å²) in [6, 6.07) is 13.2. The van der Waals surface area contributed by atoms with Gasteiger partial charge in [-0.3, -0.25) is 9.89 Å². The molecule has 0 radical (unpaired) electrons. The van der Waals surface area contributed by atoms with Crippen LogP contribution in [0, 0.1) is 0 Å². The first-order valence-electron chi connectivity index (χ1n) is 8.88. The minimum atomic E-state index is 0. The van der Waals surface area contributed by atoms with Crippen LogP contribution >= 0.6 is 24.0 Å². The lowest BCUT2D eigenvalue weighted by Crippen LogP contribution is -2.39. The summed E-state index contributed by atoms with van der Waals surface area (Å²) < 4.78 is 2.05. The fraction of sp³-hybridized carbons (Fsp3) is 0.450. The Morgan fingerprint density at radius 1 is 1.15 bits per heavy atom. The number of aryl methyl sites for hydroxylation is 1. The minimum absolute atomic E-state index is 0. The zero-order chi connectivity index (χ0) is 18.1. The highest BCUT2D eigenvalue weighted by Crippen LogP contribution is 2.07. The molecule has 0 fully saturated rings. The summed E-state index contributed by atoms with van der Waals surface area (Å²) in [6.07, 6.45) is 5.23. The average molecular weight is 469 g/mol. The van der Waals surface area contributed by atoms with Gasteiger partial charge in [-0.2, -0.15) is 0 Å². The van der Waals surface area contributed by atoms with Crippen molar-refractivity contribution in [3.8, 4) is 0 Å². The van der Waals surface area contributed by atoms with Gasteiger partial charge in [-0.05, 0) is 37.6 Å². The molecule has 5 nitrogen and oxygen atoms in total. The molecule has 2 N–H and O–H groups in total. The molecule has 26 heavy (non-hydrogen) atoms. The number of hydrogen-bond donors (Lipinski definition) is 2. The third-order valence-corrected chi connectivity index (χ3v) is 4.46. The second-order valence-corrected chi connectivity index (χ2v) is 6.58. The molecule has 0 saturated carbocycles. The van der Waals surface area contributed by atoms with Crippen LogP contribution in [0.2, 0.25) is 0 Å². The van der Waals surface area contributed by atoms with Crippen LogP contribution in [-0.4, -0.2) is 42.1 Å². The Labute approximate surface area is 174 Å². The maximum Gasteiger partial charge on any atom is 0.191 e. The number of benzene rings is 1. The molecule has 1 unspecified atom stereocenters. The van der Waals surface area contributed by atoms with Crippen molar-refractivity contribution >= 4 is 29.9 Å². The third kappa shape index (κ3) is 7.78. The van der Waals surface area contributed by atoms with E-state index in [-0.39, 0.29) is 24.0 Å². The van der Waals surface area contributed by atoms with Crippen molar-refractivity contribution in [2.45, 2.75) is 32.5 Å². The summed E-state index contributed by atoms with van der Waals surface area (Å²) >= 11 is 0. The number of aliphatic imine (C=N–C) groups is 1. The van der Waals surface area contributed by atoms with Gasteiger partial charge in [-0.25, -0.2) is 0 Å². The lowest BCUT2D eigenvalue weighted by Gasteiger charge is -2.25. The second-order valence-electron chi connectivity index (χ2n) is 6.58. The summed E-state index contributed by atoms with van der Waals surface area (Å²) in [6.45, 7) is 4.92. The number of nitrogens with zero attached hydrogens (tertiary/aromatic N) is 3. The van der Waals surface area contributed by atoms with Gasteiger partial charge in [0.05, 0.1) is 0 Å². The molecule has 0 spiro atoms. The molecule has 0 bridgehead atoms. The third-order valence-electron chi connectivity index (χ3n) is 4.46. The van der Waals surface area contributed by atoms with Crippen LogP contribution in [-0.2, 0) is 20.1 Å². The summed E-state index contributed by atoms with van der Waals surface area (Å²) in [5, 5.41) is 6.76. The summed E-state index contributed by atoms with van der Waals surface area (Å²) in [7, 11) is 6.02. The van der Waals surface area contributed by atoms with Gasteiger partial charge in [-0.1, -0.05) is 30.3 Å². The van der Waals surface area contributed by atoms with Gasteiger partial charge in [-0.15, -0.1) is 24.0 Å². The molecule has 144 valence electrons. The van der Waals surface area contributed by atoms with Crippen molar-refractivity contribution in [3.63, 3.8) is 0 Å². The highest BCUT2D eigenvalue weighted by Gasteiger charge is 2.09. The maximum atomic E-state index is 4.29. The smallest absolute Gasteiger partial charge is 0.191 e. The molecule has 0 aliphatic rings. The topological polar surface area (TPSA) is 44.6 Å². The largest absolute Gasteiger partial charge is 0.357 e. The number of hydrogen-bond acceptors (Lipinski definition) is 2. The summed E-state index contributed by atoms with van der Waals surface area (Å²) in [4.78, 5) is 6.68. The summed E-state index contributed by atoms with van der Waals surface area (Å²) in [5.41, 5.74) is 2.60. The van der Waals surface area contributed by atoms with Crippen LogP contribution in [0.1, 0.15) is 24.5 Å². The molecule has 0 saturated heterocycles. The molecule has 0 aliphatic heterocycles. The van der Waals surface area contributed by atoms with Crippen molar-refractivity contribution in [2.75, 3.05) is 20.6 Å². The number of halogens is 1. The fourth-order valence-electron chi connectivity index (χ4n) is 2.72. The molecular weight excluding hydrogens is 437 g/mol. The first-order chi connectivity index (χ1) is 12.1. The van der Waals surface area contributed by atoms with E-state index in [2.05, 4.69) is 87.9 Å². The van der Waals surface area contributed by atoms with E-state index in [0.29, 0.717) is 6.04 Å². The lowest BCUT2D eigenvalue weighted by molar-refractivity contribution is 0.238. The maximum absolute atomic E-state index is 4.29. The van der Waals surface area contributed by atoms with E-state index in [1.807, 2.05) is 14.1 Å². The van der Waals surface area contributed by atoms with Crippen molar-refractivity contribution in [2.24, 2.45) is 12.0 Å². The number of aromatic nitrogens is 1. The predicted octanol–water partition coefficient (Wildman–Crippen LogP) is 3.22. The normalized spacial score (nSPS) is 12.6. The van der Waals surface area contributed by atoms with Crippen molar-refractivity contribution in [3.05, 3.63) is 59.9 Å². The molecule has 1 aromatic carbocycles. The SMILES string of the molecule is CN=C(NCCC(C)N(C)Cc1ccccc1)NCc1ccn(C)c1.I. The van der Waals surface area contributed by atoms with Crippen molar-refractivity contribution in [1.29, 1.82) is 0 Å². The van der Waals surface area contributed by atoms with Gasteiger partial charge >= 0.3 is 0 Å². The van der Waals surface area contributed by atoms with Gasteiger partial charge in [0, 0.05) is 52.2 Å². The van der Waals surface area contributed by atoms with E-state index < -0.39 is 0 Å². The van der Waals surface area contributed by atoms with Gasteiger partial charge in [0.15, 0.2) is 5.96 Å². The molecule has 6 heteroatoms. The Hall–Kier alpha value is -1.54. The Morgan fingerprint density at radius 2 is 1.88 bits per heavy atom. The quantitative estimate of drug-likeness (QED) is 0.355. The molecule has 0 aliphatic carbocycles. The second kappa shape index (κ2) is 12.0. The van der Waals surface area contributed by atoms with E-state index in [1.165, 1.54) is 11.1 Å². The van der Waals surface area contributed by atoms with Gasteiger partial charge in [0.1, 0.15) is 0 Å². The van der Waals surface area contributed by atoms with Crippen LogP contribution < -0.4 is 10.6 Å². The molecule has 1 aromatic heterocycles. The Morgan fingerprint density at radius 3 is 2.50 bits per heavy atom. The van der Waals surface area contributed by atoms with Gasteiger partial charge in [0.2, 0.25) is 0 Å². The highest BCUT2D eigenvalue weighted by atomic mass is 127. The zero-order valence-corrected chi connectivity index (χ0v) is 18.6. The number of nitrogens with one attached hydrogen (secondary N) is 2. The monoisotopic (exact) mass is 469 g/mol. The Kier molecular flexibility index (Phi) is 10.3. The van der Waals surface area contributed by atoms with Crippen LogP contribution in [0.5, 0.6) is 0 Å². The van der Waals surface area contributed by atoms with Crippen molar-refractivity contribution in [1.82, 2.24) is 20.1 Å². The average Bonchev–Trinajstić information content (AvgIpc) is 3.04. The zero-order valence-electron chi connectivity index (χ0n) is 16.3. The Balaban J connectivity index is 0.00000338. The lowest BCUT2D eigenvalue weighted by atomic mass is 10.1. The predicted molar refractivity (Wildman–Crippen MR) is 121 cm³/mol. The molecule has 2 rings (SSSR count). The first-order valence-corrected chi connectivity index (χ1v) is 8.88. The number of guanidine groups is 1. The standard InChI is InChI=1S/C20H31N5.HI/c1-17(25(4)16-18-8-6-5-7-9-18)10-12-22-20(21-2)23-14-19-11-13-24(3)15-19;/h5-9,11,13,15,17H,10,12,14,16H2,1-4H3,(H2,21,22,23);1H. The van der Waals surface area contributed by atoms with E-state index in [0.717, 1.165) is 32.0 Å². The highest BCUT2D eigenvalue weighted by molar-refractivity contribution is 14.0. The fourth-order valence-corrected chi connectivity index (χ4v) is 2.72. The van der Waals surface area contributed by atoms with E-state index >= 15 is 0 Å². The molecule has 1 atom stereocenters. The van der Waals surface area contributed by atoms with E-state index in [4.69, 9.17) is 0 Å². The molecule has 2 aromatic rings. The number of rotatable bonds is 8. The van der Waals surface area contributed by atoms with Gasteiger partial charge in [0.25, 0.3) is 0 Å². The van der Waals surface area contributed by atoms with E-state index in [1.54, 1.807) is 0 Å². The van der Waals surface area contributed by atoms with E-state index in [9.17, 15) is 0 Å². The van der Waals surface area contributed by atoms with Crippen LogP contribution in [0.25, 0.3) is 0 Å². The van der Waals surface area contributed by atoms with Crippen LogP contribution in [0.4, 0.5) is 0 Å². The minimum Gasteiger partial charge on any atom is -0.357 e. The van der Waals surface area contributed by atoms with Crippen LogP contribution in [0.3, 0.4) is 0 Å². The Bertz CT molecular complexity index is 653. The first kappa shape index (κ1) is 22.5. The summed E-state index contributed by atoms with van der Waals surface area (Å²) in [5.74, 6) is 0.849. The molecule has 1 heterocycles. The van der Waals surface area contributed by atoms with Gasteiger partial charge < -0.3 is 15.2 Å². The van der Waals surface area contributed by atoms with Crippen molar-refractivity contribution < 1.29 is 0 Å².